The van der Waals surface area contributed by atoms with Crippen molar-refractivity contribution in [3.05, 3.63) is 64.5 Å². The predicted molar refractivity (Wildman–Crippen MR) is 100 cm³/mol. The summed E-state index contributed by atoms with van der Waals surface area (Å²) in [7, 11) is 0. The Morgan fingerprint density at radius 2 is 1.90 bits per heavy atom. The van der Waals surface area contributed by atoms with E-state index >= 15 is 0 Å². The normalized spacial score (nSPS) is 19.2. The number of fused-ring (bicyclic) bond motifs is 2. The zero-order chi connectivity index (χ0) is 20.7. The summed E-state index contributed by atoms with van der Waals surface area (Å²) in [6.45, 7) is -0.00998. The van der Waals surface area contributed by atoms with Crippen LogP contribution in [-0.4, -0.2) is 29.3 Å². The number of hydrogen-bond donors (Lipinski definition) is 2. The molecule has 0 fully saturated rings. The number of nitrogens with one attached hydrogen (secondary N) is 1. The Morgan fingerprint density at radius 3 is 2.69 bits per heavy atom. The molecule has 1 aliphatic carbocycles. The first-order valence-electron chi connectivity index (χ1n) is 9.41. The van der Waals surface area contributed by atoms with Gasteiger partial charge in [0.05, 0.1) is 0 Å². The highest BCUT2D eigenvalue weighted by atomic mass is 19.2. The number of amides is 2. The van der Waals surface area contributed by atoms with E-state index in [1.165, 1.54) is 29.2 Å². The summed E-state index contributed by atoms with van der Waals surface area (Å²) in [4.78, 5) is 26.3. The van der Waals surface area contributed by atoms with Crippen molar-refractivity contribution in [1.82, 2.24) is 4.90 Å². The van der Waals surface area contributed by atoms with E-state index in [1.807, 2.05) is 0 Å². The molecule has 0 spiro atoms. The minimum atomic E-state index is -0.929. The highest BCUT2D eigenvalue weighted by molar-refractivity contribution is 5.96. The molecule has 0 unspecified atom stereocenters. The van der Waals surface area contributed by atoms with Gasteiger partial charge in [0.15, 0.2) is 11.6 Å². The maximum atomic E-state index is 13.7. The van der Waals surface area contributed by atoms with Gasteiger partial charge in [0.25, 0.3) is 0 Å². The van der Waals surface area contributed by atoms with Crippen LogP contribution in [0.25, 0.3) is 0 Å². The first kappa shape index (κ1) is 19.4. The number of carbonyl (C=O) groups is 2. The number of halogens is 3. The second-order valence-corrected chi connectivity index (χ2v) is 7.58. The number of benzene rings is 2. The van der Waals surface area contributed by atoms with Crippen molar-refractivity contribution in [2.75, 3.05) is 11.9 Å². The highest BCUT2D eigenvalue weighted by Crippen LogP contribution is 2.37. The van der Waals surface area contributed by atoms with Crippen molar-refractivity contribution >= 4 is 17.5 Å². The predicted octanol–water partition coefficient (Wildman–Crippen LogP) is 2.83. The minimum absolute atomic E-state index is 0.0348. The molecule has 1 aliphatic heterocycles. The van der Waals surface area contributed by atoms with Crippen LogP contribution < -0.4 is 11.1 Å². The van der Waals surface area contributed by atoms with Crippen LogP contribution in [0.1, 0.15) is 35.4 Å². The average Bonchev–Trinajstić information content (AvgIpc) is 2.97. The Kier molecular flexibility index (Phi) is 5.04. The van der Waals surface area contributed by atoms with Crippen LogP contribution in [0.3, 0.4) is 0 Å². The quantitative estimate of drug-likeness (QED) is 0.828. The van der Waals surface area contributed by atoms with Crippen LogP contribution in [0.2, 0.25) is 0 Å². The van der Waals surface area contributed by atoms with E-state index in [4.69, 9.17) is 5.73 Å². The Bertz CT molecular complexity index is 995. The second kappa shape index (κ2) is 7.51. The first-order chi connectivity index (χ1) is 13.8. The van der Waals surface area contributed by atoms with Gasteiger partial charge >= 0.3 is 0 Å². The molecular weight excluding hydrogens is 383 g/mol. The summed E-state index contributed by atoms with van der Waals surface area (Å²) in [5, 5.41) is 2.60. The summed E-state index contributed by atoms with van der Waals surface area (Å²) < 4.78 is 40.5. The van der Waals surface area contributed by atoms with Crippen molar-refractivity contribution in [2.24, 2.45) is 5.73 Å². The van der Waals surface area contributed by atoms with E-state index in [1.54, 1.807) is 0 Å². The van der Waals surface area contributed by atoms with E-state index in [0.717, 1.165) is 6.07 Å². The molecule has 8 heteroatoms. The largest absolute Gasteiger partial charge is 0.329 e. The molecule has 4 rings (SSSR count). The maximum Gasteiger partial charge on any atom is 0.244 e. The van der Waals surface area contributed by atoms with Crippen LogP contribution in [0.4, 0.5) is 18.9 Å². The van der Waals surface area contributed by atoms with Crippen molar-refractivity contribution in [3.8, 4) is 0 Å². The van der Waals surface area contributed by atoms with Gasteiger partial charge in [-0.15, -0.1) is 0 Å². The molecule has 5 nitrogen and oxygen atoms in total. The number of nitrogens with two attached hydrogens (primary N) is 1. The van der Waals surface area contributed by atoms with Gasteiger partial charge in [-0.25, -0.2) is 13.2 Å². The Labute approximate surface area is 165 Å². The van der Waals surface area contributed by atoms with Crippen molar-refractivity contribution in [1.29, 1.82) is 0 Å². The van der Waals surface area contributed by atoms with Gasteiger partial charge in [0.2, 0.25) is 11.8 Å². The van der Waals surface area contributed by atoms with Gasteiger partial charge in [-0.3, -0.25) is 9.59 Å². The lowest BCUT2D eigenvalue weighted by Crippen LogP contribution is -2.40. The molecule has 3 N–H and O–H groups in total. The fraction of sp³-hybridized carbons (Fsp3) is 0.333. The molecule has 2 aromatic carbocycles. The number of rotatable bonds is 3. The summed E-state index contributed by atoms with van der Waals surface area (Å²) in [6, 6.07) is 5.78. The van der Waals surface area contributed by atoms with E-state index in [2.05, 4.69) is 5.32 Å². The SMILES string of the molecule is N[C@@H](CC(=O)N1CC(=O)Nc2cc(F)ccc2C1)[C@H]1CCc2cc(F)c(F)cc21. The lowest BCUT2D eigenvalue weighted by molar-refractivity contribution is -0.135. The molecule has 2 aliphatic rings. The molecular formula is C21H20F3N3O2. The maximum absolute atomic E-state index is 13.7. The first-order valence-corrected chi connectivity index (χ1v) is 9.41. The molecule has 0 saturated heterocycles. The van der Waals surface area contributed by atoms with Crippen LogP contribution >= 0.6 is 0 Å². The molecule has 2 aromatic rings. The van der Waals surface area contributed by atoms with Gasteiger partial charge in [-0.05, 0) is 53.8 Å². The van der Waals surface area contributed by atoms with Gasteiger partial charge in [-0.1, -0.05) is 6.07 Å². The smallest absolute Gasteiger partial charge is 0.244 e. The molecule has 0 bridgehead atoms. The molecule has 2 amide bonds. The monoisotopic (exact) mass is 403 g/mol. The molecule has 0 aromatic heterocycles. The highest BCUT2D eigenvalue weighted by Gasteiger charge is 2.32. The van der Waals surface area contributed by atoms with E-state index in [-0.39, 0.29) is 31.3 Å². The third-order valence-corrected chi connectivity index (χ3v) is 5.63. The molecule has 0 radical (unpaired) electrons. The average molecular weight is 403 g/mol. The van der Waals surface area contributed by atoms with E-state index in [9.17, 15) is 22.8 Å². The summed E-state index contributed by atoms with van der Waals surface area (Å²) >= 11 is 0. The third-order valence-electron chi connectivity index (χ3n) is 5.63. The molecule has 0 saturated carbocycles. The molecule has 2 atom stereocenters. The number of nitrogens with zero attached hydrogens (tertiary/aromatic N) is 1. The zero-order valence-corrected chi connectivity index (χ0v) is 15.6. The lowest BCUT2D eigenvalue weighted by atomic mass is 9.91. The molecule has 152 valence electrons. The fourth-order valence-corrected chi connectivity index (χ4v) is 4.15. The molecule has 1 heterocycles. The van der Waals surface area contributed by atoms with Gasteiger partial charge < -0.3 is 16.0 Å². The van der Waals surface area contributed by atoms with Crippen LogP contribution in [0, 0.1) is 17.5 Å². The van der Waals surface area contributed by atoms with E-state index in [0.29, 0.717) is 35.2 Å². The Balaban J connectivity index is 1.49. The van der Waals surface area contributed by atoms with Gasteiger partial charge in [0.1, 0.15) is 12.4 Å². The van der Waals surface area contributed by atoms with Crippen molar-refractivity contribution < 1.29 is 22.8 Å². The minimum Gasteiger partial charge on any atom is -0.329 e. The van der Waals surface area contributed by atoms with Crippen LogP contribution in [-0.2, 0) is 22.6 Å². The number of aryl methyl sites for hydroxylation is 1. The van der Waals surface area contributed by atoms with E-state index < -0.39 is 29.4 Å². The zero-order valence-electron chi connectivity index (χ0n) is 15.6. The standard InChI is InChI=1S/C21H20F3N3O2/c22-13-3-1-12-9-27(10-20(28)26-19(12)6-13)21(29)8-18(25)14-4-2-11-5-16(23)17(24)7-15(11)14/h1,3,5-7,14,18H,2,4,8-10,25H2,(H,26,28)/t14-,18-/m0/s1. The fourth-order valence-electron chi connectivity index (χ4n) is 4.15. The summed E-state index contributed by atoms with van der Waals surface area (Å²) in [6.07, 6.45) is 1.15. The summed E-state index contributed by atoms with van der Waals surface area (Å²) in [5.41, 5.74) is 8.58. The molecule has 29 heavy (non-hydrogen) atoms. The van der Waals surface area contributed by atoms with Gasteiger partial charge in [0, 0.05) is 30.6 Å². The van der Waals surface area contributed by atoms with Gasteiger partial charge in [-0.2, -0.15) is 0 Å². The topological polar surface area (TPSA) is 75.4 Å². The Morgan fingerprint density at radius 1 is 1.14 bits per heavy atom. The van der Waals surface area contributed by atoms with Crippen molar-refractivity contribution in [2.45, 2.75) is 37.8 Å². The van der Waals surface area contributed by atoms with Crippen molar-refractivity contribution in [3.63, 3.8) is 0 Å². The van der Waals surface area contributed by atoms with Crippen LogP contribution in [0.15, 0.2) is 30.3 Å². The van der Waals surface area contributed by atoms with Crippen LogP contribution in [0.5, 0.6) is 0 Å². The Hall–Kier alpha value is -2.87. The third kappa shape index (κ3) is 3.85. The number of anilines is 1. The number of hydrogen-bond acceptors (Lipinski definition) is 3. The lowest BCUT2D eigenvalue weighted by Gasteiger charge is -2.25. The number of carbonyl (C=O) groups excluding carboxylic acids is 2. The second-order valence-electron chi connectivity index (χ2n) is 7.58. The summed E-state index contributed by atoms with van der Waals surface area (Å²) in [5.74, 6) is -3.29.